The molecule has 1 aliphatic heterocycles. The van der Waals surface area contributed by atoms with Gasteiger partial charge in [-0.15, -0.1) is 0 Å². The molecule has 0 aromatic heterocycles. The van der Waals surface area contributed by atoms with Crippen molar-refractivity contribution < 1.29 is 32.8 Å². The van der Waals surface area contributed by atoms with Gasteiger partial charge in [-0.25, -0.2) is 8.78 Å². The van der Waals surface area contributed by atoms with Crippen molar-refractivity contribution in [3.05, 3.63) is 177 Å². The first kappa shape index (κ1) is 48.2. The Kier molecular flexibility index (Phi) is 16.7. The smallest absolute Gasteiger partial charge is 0.290 e. The predicted molar refractivity (Wildman–Crippen MR) is 256 cm³/mol. The number of carbonyl (C=O) groups excluding carboxylic acids is 5. The van der Waals surface area contributed by atoms with Gasteiger partial charge in [-0.05, 0) is 94.5 Å². The van der Waals surface area contributed by atoms with Gasteiger partial charge in [0.2, 0.25) is 5.91 Å². The molecule has 336 valence electrons. The second-order valence-electron chi connectivity index (χ2n) is 17.0. The van der Waals surface area contributed by atoms with Crippen LogP contribution in [0, 0.1) is 35.3 Å². The standard InChI is InChI=1S/C54H55F2N3O5S/c1-6-43(59(32-34(2)3)33-40-16-10-11-17-44(40)39-14-8-7-9-15-39)29-41(31-57-50(60)27-24-37-20-22-38(23-21-37)28-49-53(63)58-54(64)65-49)35(4)36(5)51(61)45-18-12-13-19-46(45)52(62)47-26-25-42(55)30-48(47)56/h7-28,30,34-36,41,43H,6,29,31-33H2,1-5H3,(H,57,60)(H,58,63,64)/b27-24+,49-28-/t35?,36?,41-,43-/m0/s1. The first-order valence-electron chi connectivity index (χ1n) is 22.0. The number of thioether (sulfide) groups is 1. The highest BCUT2D eigenvalue weighted by Crippen LogP contribution is 2.33. The van der Waals surface area contributed by atoms with Gasteiger partial charge in [-0.3, -0.25) is 34.2 Å². The van der Waals surface area contributed by atoms with Crippen molar-refractivity contribution in [2.24, 2.45) is 23.7 Å². The Labute approximate surface area is 384 Å². The number of hydrogen-bond donors (Lipinski definition) is 2. The van der Waals surface area contributed by atoms with E-state index in [1.807, 2.05) is 44.2 Å². The normalized spacial score (nSPS) is 15.3. The molecule has 1 aliphatic rings. The van der Waals surface area contributed by atoms with E-state index in [-0.39, 0.29) is 52.8 Å². The highest BCUT2D eigenvalue weighted by atomic mass is 32.2. The van der Waals surface area contributed by atoms with Crippen LogP contribution in [-0.2, 0) is 16.1 Å². The van der Waals surface area contributed by atoms with E-state index < -0.39 is 34.5 Å². The number of benzene rings is 5. The van der Waals surface area contributed by atoms with Crippen LogP contribution in [0.1, 0.15) is 90.4 Å². The summed E-state index contributed by atoms with van der Waals surface area (Å²) in [5.74, 6) is -4.32. The third kappa shape index (κ3) is 12.7. The fourth-order valence-electron chi connectivity index (χ4n) is 8.34. The zero-order chi connectivity index (χ0) is 46.6. The Balaban J connectivity index is 1.25. The van der Waals surface area contributed by atoms with Crippen molar-refractivity contribution >= 4 is 52.5 Å². The highest BCUT2D eigenvalue weighted by molar-refractivity contribution is 8.18. The van der Waals surface area contributed by atoms with Gasteiger partial charge < -0.3 is 5.32 Å². The Bertz CT molecular complexity index is 2580. The second-order valence-corrected chi connectivity index (χ2v) is 18.0. The summed E-state index contributed by atoms with van der Waals surface area (Å²) >= 11 is 0.845. The number of amides is 3. The van der Waals surface area contributed by atoms with Crippen LogP contribution in [0.2, 0.25) is 0 Å². The van der Waals surface area contributed by atoms with Crippen molar-refractivity contribution in [2.45, 2.75) is 60.0 Å². The van der Waals surface area contributed by atoms with Gasteiger partial charge in [0.05, 0.1) is 10.5 Å². The van der Waals surface area contributed by atoms with Crippen LogP contribution in [-0.4, -0.2) is 52.7 Å². The molecule has 0 aliphatic carbocycles. The summed E-state index contributed by atoms with van der Waals surface area (Å²) in [5, 5.41) is 4.95. The molecular weight excluding hydrogens is 841 g/mol. The van der Waals surface area contributed by atoms with Gasteiger partial charge in [-0.2, -0.15) is 0 Å². The number of hydrogen-bond acceptors (Lipinski definition) is 7. The van der Waals surface area contributed by atoms with Crippen molar-refractivity contribution in [1.29, 1.82) is 0 Å². The maximum absolute atomic E-state index is 14.9. The van der Waals surface area contributed by atoms with Crippen molar-refractivity contribution in [3.8, 4) is 11.1 Å². The largest absolute Gasteiger partial charge is 0.352 e. The lowest BCUT2D eigenvalue weighted by molar-refractivity contribution is -0.117. The molecule has 5 aromatic rings. The number of nitrogens with zero attached hydrogens (tertiary/aromatic N) is 1. The highest BCUT2D eigenvalue weighted by Gasteiger charge is 2.34. The first-order chi connectivity index (χ1) is 31.2. The summed E-state index contributed by atoms with van der Waals surface area (Å²) < 4.78 is 28.6. The summed E-state index contributed by atoms with van der Waals surface area (Å²) in [6.45, 7) is 12.2. The molecule has 1 fully saturated rings. The van der Waals surface area contributed by atoms with Crippen molar-refractivity contribution in [3.63, 3.8) is 0 Å². The van der Waals surface area contributed by atoms with Gasteiger partial charge in [0.25, 0.3) is 11.1 Å². The molecule has 2 unspecified atom stereocenters. The molecule has 1 saturated heterocycles. The van der Waals surface area contributed by atoms with E-state index in [0.29, 0.717) is 29.9 Å². The maximum atomic E-state index is 14.9. The monoisotopic (exact) mass is 895 g/mol. The van der Waals surface area contributed by atoms with Crippen LogP contribution in [0.5, 0.6) is 0 Å². The minimum Gasteiger partial charge on any atom is -0.352 e. The van der Waals surface area contributed by atoms with Gasteiger partial charge >= 0.3 is 0 Å². The van der Waals surface area contributed by atoms with Crippen LogP contribution in [0.3, 0.4) is 0 Å². The number of ketones is 2. The van der Waals surface area contributed by atoms with E-state index in [0.717, 1.165) is 59.1 Å². The summed E-state index contributed by atoms with van der Waals surface area (Å²) in [6, 6.07) is 35.2. The number of Topliss-reactive ketones (excluding diaryl/α,β-unsaturated/α-hetero) is 1. The second kappa shape index (κ2) is 22.5. The lowest BCUT2D eigenvalue weighted by Gasteiger charge is -2.38. The summed E-state index contributed by atoms with van der Waals surface area (Å²) in [5.41, 5.74) is 4.85. The fraction of sp³-hybridized carbons (Fsp3) is 0.278. The molecule has 6 rings (SSSR count). The summed E-state index contributed by atoms with van der Waals surface area (Å²) in [7, 11) is 0. The van der Waals surface area contributed by atoms with Gasteiger partial charge in [-0.1, -0.05) is 138 Å². The molecule has 0 bridgehead atoms. The zero-order valence-electron chi connectivity index (χ0n) is 37.4. The van der Waals surface area contributed by atoms with Crippen molar-refractivity contribution in [2.75, 3.05) is 13.1 Å². The van der Waals surface area contributed by atoms with Crippen LogP contribution in [0.15, 0.2) is 132 Å². The Morgan fingerprint density at radius 1 is 0.785 bits per heavy atom. The van der Waals surface area contributed by atoms with E-state index in [1.54, 1.807) is 42.5 Å². The van der Waals surface area contributed by atoms with Crippen molar-refractivity contribution in [1.82, 2.24) is 15.5 Å². The minimum absolute atomic E-state index is 0.0337. The number of rotatable bonds is 20. The number of halogens is 2. The average Bonchev–Trinajstić information content (AvgIpc) is 3.62. The molecule has 1 heterocycles. The van der Waals surface area contributed by atoms with Gasteiger partial charge in [0, 0.05) is 54.9 Å². The van der Waals surface area contributed by atoms with Gasteiger partial charge in [0.15, 0.2) is 11.6 Å². The molecular formula is C54H55F2N3O5S. The number of imide groups is 1. The van der Waals surface area contributed by atoms with E-state index >= 15 is 0 Å². The molecule has 65 heavy (non-hydrogen) atoms. The van der Waals surface area contributed by atoms with E-state index in [4.69, 9.17) is 0 Å². The fourth-order valence-corrected chi connectivity index (χ4v) is 9.02. The molecule has 11 heteroatoms. The maximum Gasteiger partial charge on any atom is 0.290 e. The first-order valence-corrected chi connectivity index (χ1v) is 22.8. The quantitative estimate of drug-likeness (QED) is 0.0591. The molecule has 0 spiro atoms. The van der Waals surface area contributed by atoms with E-state index in [9.17, 15) is 32.8 Å². The molecule has 0 radical (unpaired) electrons. The third-order valence-corrected chi connectivity index (χ3v) is 12.8. The number of carbonyl (C=O) groups is 5. The summed E-state index contributed by atoms with van der Waals surface area (Å²) in [4.78, 5) is 68.1. The summed E-state index contributed by atoms with van der Waals surface area (Å²) in [6.07, 6.45) is 6.25. The van der Waals surface area contributed by atoms with E-state index in [1.165, 1.54) is 17.7 Å². The predicted octanol–water partition coefficient (Wildman–Crippen LogP) is 11.4. The molecule has 0 saturated carbocycles. The minimum atomic E-state index is -1.01. The Morgan fingerprint density at radius 3 is 2.11 bits per heavy atom. The molecule has 5 aromatic carbocycles. The zero-order valence-corrected chi connectivity index (χ0v) is 38.2. The van der Waals surface area contributed by atoms with Crippen LogP contribution in [0.4, 0.5) is 13.6 Å². The molecule has 2 N–H and O–H groups in total. The number of nitrogens with one attached hydrogen (secondary N) is 2. The molecule has 8 nitrogen and oxygen atoms in total. The SMILES string of the molecule is CC[C@@H](C[C@@H](CNC(=O)/C=C/c1ccc(/C=C2\SC(=O)NC2=O)cc1)C(C)C(C)C(=O)c1ccccc1C(=O)c1ccc(F)cc1F)N(Cc1ccccc1-c1ccccc1)CC(C)C. The van der Waals surface area contributed by atoms with E-state index in [2.05, 4.69) is 72.7 Å². The third-order valence-electron chi connectivity index (χ3n) is 12.0. The average molecular weight is 896 g/mol. The Hall–Kier alpha value is -6.30. The van der Waals surface area contributed by atoms with Crippen LogP contribution >= 0.6 is 11.8 Å². The molecule has 4 atom stereocenters. The van der Waals surface area contributed by atoms with Crippen LogP contribution in [0.25, 0.3) is 23.3 Å². The van der Waals surface area contributed by atoms with Gasteiger partial charge in [0.1, 0.15) is 11.6 Å². The van der Waals surface area contributed by atoms with Crippen LogP contribution < -0.4 is 10.6 Å². The lowest BCUT2D eigenvalue weighted by atomic mass is 9.76. The lowest BCUT2D eigenvalue weighted by Crippen LogP contribution is -2.43. The topological polar surface area (TPSA) is 113 Å². The molecule has 3 amide bonds. The Morgan fingerprint density at radius 2 is 1.45 bits per heavy atom.